The summed E-state index contributed by atoms with van der Waals surface area (Å²) in [5.74, 6) is 0.654. The second kappa shape index (κ2) is 4.18. The molecule has 5 nitrogen and oxygen atoms in total. The number of nitrogens with one attached hydrogen (secondary N) is 1. The van der Waals surface area contributed by atoms with E-state index in [1.807, 2.05) is 18.2 Å². The Labute approximate surface area is 114 Å². The van der Waals surface area contributed by atoms with Gasteiger partial charge in [0.15, 0.2) is 0 Å². The third kappa shape index (κ3) is 1.91. The van der Waals surface area contributed by atoms with Crippen LogP contribution in [-0.4, -0.2) is 14.9 Å². The van der Waals surface area contributed by atoms with Gasteiger partial charge in [0.25, 0.3) is 0 Å². The summed E-state index contributed by atoms with van der Waals surface area (Å²) in [7, 11) is 0. The van der Waals surface area contributed by atoms with E-state index in [0.717, 1.165) is 31.7 Å². The summed E-state index contributed by atoms with van der Waals surface area (Å²) in [6.07, 6.45) is 0. The summed E-state index contributed by atoms with van der Waals surface area (Å²) in [6.45, 7) is 0. The monoisotopic (exact) mass is 323 g/mol. The largest absolute Gasteiger partial charge is 0.337 e. The van der Waals surface area contributed by atoms with Gasteiger partial charge in [0.2, 0.25) is 0 Å². The standard InChI is InChI=1S/C11H6BrN3O2S/c12-6-1-2-7-8(5-6)14-11(13-7)9-3-4-10(18-9)15(16)17/h1-5H,(H,13,14). The number of nitrogens with zero attached hydrogens (tertiary/aromatic N) is 2. The molecule has 0 radical (unpaired) electrons. The van der Waals surface area contributed by atoms with Crippen LogP contribution in [0.5, 0.6) is 0 Å². The zero-order valence-corrected chi connectivity index (χ0v) is 11.3. The number of imidazole rings is 1. The van der Waals surface area contributed by atoms with Gasteiger partial charge in [-0.05, 0) is 24.3 Å². The highest BCUT2D eigenvalue weighted by Crippen LogP contribution is 2.32. The summed E-state index contributed by atoms with van der Waals surface area (Å²) < 4.78 is 0.961. The molecule has 1 aromatic carbocycles. The van der Waals surface area contributed by atoms with Crippen LogP contribution in [0, 0.1) is 10.1 Å². The Hall–Kier alpha value is -1.73. The first-order valence-electron chi connectivity index (χ1n) is 5.03. The molecule has 2 aromatic heterocycles. The van der Waals surface area contributed by atoms with Crippen LogP contribution >= 0.6 is 27.3 Å². The summed E-state index contributed by atoms with van der Waals surface area (Å²) in [4.78, 5) is 18.6. The van der Waals surface area contributed by atoms with Crippen molar-refractivity contribution in [2.45, 2.75) is 0 Å². The first-order valence-corrected chi connectivity index (χ1v) is 6.64. The molecule has 3 aromatic rings. The molecular weight excluding hydrogens is 318 g/mol. The molecule has 2 heterocycles. The lowest BCUT2D eigenvalue weighted by Crippen LogP contribution is -1.80. The molecule has 0 atom stereocenters. The van der Waals surface area contributed by atoms with Crippen LogP contribution in [0.15, 0.2) is 34.8 Å². The molecule has 0 aliphatic heterocycles. The maximum absolute atomic E-state index is 10.6. The van der Waals surface area contributed by atoms with Gasteiger partial charge >= 0.3 is 5.00 Å². The molecule has 0 saturated carbocycles. The van der Waals surface area contributed by atoms with Gasteiger partial charge in [0.05, 0.1) is 20.8 Å². The minimum absolute atomic E-state index is 0.117. The van der Waals surface area contributed by atoms with Gasteiger partial charge in [0.1, 0.15) is 5.82 Å². The summed E-state index contributed by atoms with van der Waals surface area (Å²) >= 11 is 4.50. The Morgan fingerprint density at radius 3 is 2.89 bits per heavy atom. The normalized spacial score (nSPS) is 10.9. The number of hydrogen-bond acceptors (Lipinski definition) is 4. The van der Waals surface area contributed by atoms with Gasteiger partial charge in [-0.3, -0.25) is 10.1 Å². The Balaban J connectivity index is 2.10. The molecule has 7 heteroatoms. The van der Waals surface area contributed by atoms with Crippen molar-refractivity contribution in [2.75, 3.05) is 0 Å². The van der Waals surface area contributed by atoms with Crippen LogP contribution in [0.2, 0.25) is 0 Å². The predicted molar refractivity (Wildman–Crippen MR) is 73.8 cm³/mol. The molecule has 0 amide bonds. The highest BCUT2D eigenvalue weighted by Gasteiger charge is 2.13. The molecule has 1 N–H and O–H groups in total. The summed E-state index contributed by atoms with van der Waals surface area (Å²) in [5.41, 5.74) is 1.74. The van der Waals surface area contributed by atoms with Crippen LogP contribution in [0.1, 0.15) is 0 Å². The molecule has 0 bridgehead atoms. The van der Waals surface area contributed by atoms with E-state index in [1.165, 1.54) is 6.07 Å². The van der Waals surface area contributed by atoms with Crippen LogP contribution in [0.25, 0.3) is 21.7 Å². The van der Waals surface area contributed by atoms with E-state index in [1.54, 1.807) is 6.07 Å². The van der Waals surface area contributed by atoms with E-state index in [-0.39, 0.29) is 5.00 Å². The van der Waals surface area contributed by atoms with Crippen molar-refractivity contribution in [2.24, 2.45) is 0 Å². The molecule has 0 aliphatic carbocycles. The minimum atomic E-state index is -0.395. The zero-order chi connectivity index (χ0) is 12.7. The molecular formula is C11H6BrN3O2S. The number of rotatable bonds is 2. The lowest BCUT2D eigenvalue weighted by Gasteiger charge is -1.88. The summed E-state index contributed by atoms with van der Waals surface area (Å²) in [6, 6.07) is 8.91. The van der Waals surface area contributed by atoms with Crippen LogP contribution in [0.4, 0.5) is 5.00 Å². The molecule has 0 spiro atoms. The predicted octanol–water partition coefficient (Wildman–Crippen LogP) is 3.96. The second-order valence-electron chi connectivity index (χ2n) is 3.64. The minimum Gasteiger partial charge on any atom is -0.337 e. The highest BCUT2D eigenvalue weighted by atomic mass is 79.9. The molecule has 0 unspecified atom stereocenters. The van der Waals surface area contributed by atoms with Gasteiger partial charge < -0.3 is 4.98 Å². The Morgan fingerprint density at radius 2 is 2.17 bits per heavy atom. The molecule has 3 rings (SSSR count). The number of fused-ring (bicyclic) bond motifs is 1. The molecule has 0 saturated heterocycles. The van der Waals surface area contributed by atoms with Crippen molar-refractivity contribution in [1.82, 2.24) is 9.97 Å². The fourth-order valence-electron chi connectivity index (χ4n) is 1.65. The van der Waals surface area contributed by atoms with Gasteiger partial charge in [0, 0.05) is 10.5 Å². The quantitative estimate of drug-likeness (QED) is 0.573. The van der Waals surface area contributed by atoms with Crippen molar-refractivity contribution in [3.63, 3.8) is 0 Å². The average molecular weight is 324 g/mol. The molecule has 90 valence electrons. The van der Waals surface area contributed by atoms with Gasteiger partial charge in [-0.2, -0.15) is 0 Å². The third-order valence-corrected chi connectivity index (χ3v) is 3.99. The fourth-order valence-corrected chi connectivity index (χ4v) is 2.78. The average Bonchev–Trinajstić information content (AvgIpc) is 2.93. The number of thiophene rings is 1. The fraction of sp³-hybridized carbons (Fsp3) is 0. The number of halogens is 1. The lowest BCUT2D eigenvalue weighted by atomic mass is 10.3. The van der Waals surface area contributed by atoms with Gasteiger partial charge in [-0.15, -0.1) is 0 Å². The van der Waals surface area contributed by atoms with E-state index in [2.05, 4.69) is 25.9 Å². The first kappa shape index (κ1) is 11.4. The SMILES string of the molecule is O=[N+]([O-])c1ccc(-c2nc3ccc(Br)cc3[nH]2)s1. The highest BCUT2D eigenvalue weighted by molar-refractivity contribution is 9.10. The smallest absolute Gasteiger partial charge is 0.324 e. The lowest BCUT2D eigenvalue weighted by molar-refractivity contribution is -0.380. The van der Waals surface area contributed by atoms with Crippen LogP contribution in [-0.2, 0) is 0 Å². The molecule has 0 aliphatic rings. The van der Waals surface area contributed by atoms with Crippen LogP contribution in [0.3, 0.4) is 0 Å². The van der Waals surface area contributed by atoms with Gasteiger partial charge in [-0.25, -0.2) is 4.98 Å². The topological polar surface area (TPSA) is 71.8 Å². The van der Waals surface area contributed by atoms with Crippen molar-refractivity contribution in [3.8, 4) is 10.7 Å². The Kier molecular flexibility index (Phi) is 2.64. The van der Waals surface area contributed by atoms with E-state index >= 15 is 0 Å². The van der Waals surface area contributed by atoms with Crippen molar-refractivity contribution >= 4 is 43.3 Å². The first-order chi connectivity index (χ1) is 8.63. The van der Waals surface area contributed by atoms with Gasteiger partial charge in [-0.1, -0.05) is 27.3 Å². The molecule has 0 fully saturated rings. The van der Waals surface area contributed by atoms with E-state index in [4.69, 9.17) is 0 Å². The number of nitro groups is 1. The second-order valence-corrected chi connectivity index (χ2v) is 5.62. The Bertz CT molecular complexity index is 750. The number of H-pyrrole nitrogens is 1. The maximum atomic E-state index is 10.6. The number of hydrogen-bond donors (Lipinski definition) is 1. The number of benzene rings is 1. The Morgan fingerprint density at radius 1 is 1.33 bits per heavy atom. The van der Waals surface area contributed by atoms with E-state index in [0.29, 0.717) is 5.82 Å². The van der Waals surface area contributed by atoms with E-state index in [9.17, 15) is 10.1 Å². The maximum Gasteiger partial charge on any atom is 0.324 e. The zero-order valence-electron chi connectivity index (χ0n) is 8.88. The molecule has 18 heavy (non-hydrogen) atoms. The van der Waals surface area contributed by atoms with Crippen molar-refractivity contribution in [1.29, 1.82) is 0 Å². The van der Waals surface area contributed by atoms with E-state index < -0.39 is 4.92 Å². The summed E-state index contributed by atoms with van der Waals surface area (Å²) in [5, 5.41) is 10.8. The third-order valence-electron chi connectivity index (χ3n) is 2.45. The van der Waals surface area contributed by atoms with Crippen LogP contribution < -0.4 is 0 Å². The number of aromatic amines is 1. The van der Waals surface area contributed by atoms with Crippen molar-refractivity contribution < 1.29 is 4.92 Å². The number of aromatic nitrogens is 2. The van der Waals surface area contributed by atoms with Crippen molar-refractivity contribution in [3.05, 3.63) is 44.9 Å².